The van der Waals surface area contributed by atoms with Crippen LogP contribution in [0.15, 0.2) is 45.3 Å². The molecular weight excluding hydrogens is 387 g/mol. The van der Waals surface area contributed by atoms with Crippen molar-refractivity contribution in [2.24, 2.45) is 5.84 Å². The number of rotatable bonds is 4. The van der Waals surface area contributed by atoms with E-state index in [0.29, 0.717) is 12.0 Å². The Balaban J connectivity index is 2.33. The summed E-state index contributed by atoms with van der Waals surface area (Å²) in [6, 6.07) is 10.8. The maximum absolute atomic E-state index is 13.9. The highest BCUT2D eigenvalue weighted by atomic mass is 79.9. The average Bonchev–Trinajstić information content (AvgIpc) is 2.42. The number of nitrogens with one attached hydrogen (secondary N) is 1. The Kier molecular flexibility index (Phi) is 5.32. The van der Waals surface area contributed by atoms with Gasteiger partial charge in [-0.1, -0.05) is 37.9 Å². The normalized spacial score (nSPS) is 12.4. The number of hydrogen-bond donors (Lipinski definition) is 2. The fourth-order valence-corrected chi connectivity index (χ4v) is 2.95. The standard InChI is InChI=1S/C15H15Br2FN2/c1-9-2-3-12(17)8-13(9)15(20-19)7-10-6-11(16)4-5-14(10)18/h2-6,8,15,20H,7,19H2,1H3. The molecule has 0 radical (unpaired) electrons. The maximum atomic E-state index is 13.9. The third-order valence-electron chi connectivity index (χ3n) is 3.25. The minimum absolute atomic E-state index is 0.142. The first-order valence-electron chi connectivity index (χ1n) is 6.17. The van der Waals surface area contributed by atoms with E-state index < -0.39 is 0 Å². The molecule has 0 aliphatic rings. The molecular formula is C15H15Br2FN2. The summed E-state index contributed by atoms with van der Waals surface area (Å²) in [6.45, 7) is 2.02. The Morgan fingerprint density at radius 3 is 2.50 bits per heavy atom. The fraction of sp³-hybridized carbons (Fsp3) is 0.200. The molecule has 1 atom stereocenters. The lowest BCUT2D eigenvalue weighted by atomic mass is 9.95. The van der Waals surface area contributed by atoms with Gasteiger partial charge in [-0.05, 0) is 60.4 Å². The van der Waals surface area contributed by atoms with E-state index in [-0.39, 0.29) is 11.9 Å². The van der Waals surface area contributed by atoms with E-state index in [1.165, 1.54) is 6.07 Å². The lowest BCUT2D eigenvalue weighted by Crippen LogP contribution is -2.30. The average molecular weight is 402 g/mol. The minimum atomic E-state index is -0.221. The van der Waals surface area contributed by atoms with Gasteiger partial charge in [-0.25, -0.2) is 4.39 Å². The molecule has 2 nitrogen and oxygen atoms in total. The lowest BCUT2D eigenvalue weighted by Gasteiger charge is -2.19. The van der Waals surface area contributed by atoms with Gasteiger partial charge in [-0.2, -0.15) is 0 Å². The molecule has 1 unspecified atom stereocenters. The van der Waals surface area contributed by atoms with Gasteiger partial charge in [-0.15, -0.1) is 0 Å². The third kappa shape index (κ3) is 3.67. The van der Waals surface area contributed by atoms with Gasteiger partial charge >= 0.3 is 0 Å². The Labute approximate surface area is 134 Å². The van der Waals surface area contributed by atoms with Gasteiger partial charge in [0.25, 0.3) is 0 Å². The lowest BCUT2D eigenvalue weighted by molar-refractivity contribution is 0.527. The van der Waals surface area contributed by atoms with E-state index in [9.17, 15) is 4.39 Å². The van der Waals surface area contributed by atoms with E-state index in [4.69, 9.17) is 5.84 Å². The Hall–Kier alpha value is -0.750. The first kappa shape index (κ1) is 15.6. The predicted octanol–water partition coefficient (Wildman–Crippen LogP) is 4.41. The predicted molar refractivity (Wildman–Crippen MR) is 86.7 cm³/mol. The summed E-state index contributed by atoms with van der Waals surface area (Å²) >= 11 is 6.82. The second-order valence-corrected chi connectivity index (χ2v) is 6.49. The van der Waals surface area contributed by atoms with Crippen molar-refractivity contribution in [1.82, 2.24) is 5.43 Å². The van der Waals surface area contributed by atoms with Crippen molar-refractivity contribution in [3.63, 3.8) is 0 Å². The van der Waals surface area contributed by atoms with Crippen LogP contribution in [0.4, 0.5) is 4.39 Å². The van der Waals surface area contributed by atoms with Crippen molar-refractivity contribution in [2.75, 3.05) is 0 Å². The minimum Gasteiger partial charge on any atom is -0.271 e. The van der Waals surface area contributed by atoms with Crippen LogP contribution in [0.1, 0.15) is 22.7 Å². The molecule has 20 heavy (non-hydrogen) atoms. The topological polar surface area (TPSA) is 38.0 Å². The fourth-order valence-electron chi connectivity index (χ4n) is 2.17. The molecule has 3 N–H and O–H groups in total. The Morgan fingerprint density at radius 2 is 1.80 bits per heavy atom. The Bertz CT molecular complexity index is 617. The van der Waals surface area contributed by atoms with Gasteiger partial charge in [0.05, 0.1) is 6.04 Å². The SMILES string of the molecule is Cc1ccc(Br)cc1C(Cc1cc(Br)ccc1F)NN. The second kappa shape index (κ2) is 6.80. The van der Waals surface area contributed by atoms with Gasteiger partial charge < -0.3 is 0 Å². The zero-order chi connectivity index (χ0) is 14.7. The summed E-state index contributed by atoms with van der Waals surface area (Å²) in [5, 5.41) is 0. The van der Waals surface area contributed by atoms with Gasteiger partial charge in [-0.3, -0.25) is 11.3 Å². The molecule has 0 amide bonds. The molecule has 0 aromatic heterocycles. The van der Waals surface area contributed by atoms with Gasteiger partial charge in [0.1, 0.15) is 5.82 Å². The van der Waals surface area contributed by atoms with Crippen LogP contribution in [0.2, 0.25) is 0 Å². The molecule has 0 bridgehead atoms. The van der Waals surface area contributed by atoms with Gasteiger partial charge in [0.15, 0.2) is 0 Å². The van der Waals surface area contributed by atoms with E-state index in [1.54, 1.807) is 12.1 Å². The maximum Gasteiger partial charge on any atom is 0.126 e. The van der Waals surface area contributed by atoms with E-state index in [0.717, 1.165) is 20.1 Å². The van der Waals surface area contributed by atoms with E-state index >= 15 is 0 Å². The van der Waals surface area contributed by atoms with Crippen molar-refractivity contribution < 1.29 is 4.39 Å². The summed E-state index contributed by atoms with van der Waals surface area (Å²) in [5.41, 5.74) is 5.58. The number of aryl methyl sites for hydroxylation is 1. The molecule has 0 saturated carbocycles. The highest BCUT2D eigenvalue weighted by molar-refractivity contribution is 9.10. The van der Waals surface area contributed by atoms with Crippen molar-refractivity contribution >= 4 is 31.9 Å². The number of hydrogen-bond acceptors (Lipinski definition) is 2. The van der Waals surface area contributed by atoms with Crippen LogP contribution >= 0.6 is 31.9 Å². The first-order chi connectivity index (χ1) is 9.51. The van der Waals surface area contributed by atoms with Gasteiger partial charge in [0, 0.05) is 8.95 Å². The summed E-state index contributed by atoms with van der Waals surface area (Å²) in [5.74, 6) is 5.44. The van der Waals surface area contributed by atoms with Gasteiger partial charge in [0.2, 0.25) is 0 Å². The largest absolute Gasteiger partial charge is 0.271 e. The first-order valence-corrected chi connectivity index (χ1v) is 7.76. The van der Waals surface area contributed by atoms with Crippen LogP contribution in [0.25, 0.3) is 0 Å². The molecule has 0 heterocycles. The summed E-state index contributed by atoms with van der Waals surface area (Å²) in [4.78, 5) is 0. The van der Waals surface area contributed by atoms with Crippen molar-refractivity contribution in [2.45, 2.75) is 19.4 Å². The highest BCUT2D eigenvalue weighted by Gasteiger charge is 2.16. The molecule has 0 fully saturated rings. The van der Waals surface area contributed by atoms with Crippen LogP contribution in [0.5, 0.6) is 0 Å². The Morgan fingerprint density at radius 1 is 1.15 bits per heavy atom. The van der Waals surface area contributed by atoms with E-state index in [1.807, 2.05) is 25.1 Å². The molecule has 2 rings (SSSR count). The highest BCUT2D eigenvalue weighted by Crippen LogP contribution is 2.26. The number of halogens is 3. The van der Waals surface area contributed by atoms with Crippen LogP contribution in [-0.2, 0) is 6.42 Å². The molecule has 0 aliphatic heterocycles. The molecule has 0 saturated heterocycles. The quantitative estimate of drug-likeness (QED) is 0.588. The van der Waals surface area contributed by atoms with Crippen LogP contribution in [0, 0.1) is 12.7 Å². The molecule has 0 spiro atoms. The van der Waals surface area contributed by atoms with Crippen LogP contribution in [-0.4, -0.2) is 0 Å². The number of benzene rings is 2. The monoisotopic (exact) mass is 400 g/mol. The third-order valence-corrected chi connectivity index (χ3v) is 4.24. The van der Waals surface area contributed by atoms with Crippen molar-refractivity contribution in [3.05, 3.63) is 67.9 Å². The zero-order valence-corrected chi connectivity index (χ0v) is 14.1. The van der Waals surface area contributed by atoms with E-state index in [2.05, 4.69) is 37.3 Å². The summed E-state index contributed by atoms with van der Waals surface area (Å²) in [7, 11) is 0. The molecule has 0 aliphatic carbocycles. The number of nitrogens with two attached hydrogens (primary N) is 1. The smallest absolute Gasteiger partial charge is 0.126 e. The molecule has 2 aromatic carbocycles. The molecule has 106 valence electrons. The summed E-state index contributed by atoms with van der Waals surface area (Å²) < 4.78 is 15.7. The molecule has 2 aromatic rings. The zero-order valence-electron chi connectivity index (χ0n) is 11.0. The summed E-state index contributed by atoms with van der Waals surface area (Å²) in [6.07, 6.45) is 0.485. The van der Waals surface area contributed by atoms with Crippen LogP contribution in [0.3, 0.4) is 0 Å². The van der Waals surface area contributed by atoms with Crippen molar-refractivity contribution in [1.29, 1.82) is 0 Å². The number of hydrazine groups is 1. The molecule has 5 heteroatoms. The van der Waals surface area contributed by atoms with Crippen molar-refractivity contribution in [3.8, 4) is 0 Å². The van der Waals surface area contributed by atoms with Crippen LogP contribution < -0.4 is 11.3 Å². The second-order valence-electron chi connectivity index (χ2n) is 4.66.